The molecular weight excluding hydrogens is 389 g/mol. The van der Waals surface area contributed by atoms with Crippen molar-refractivity contribution in [3.8, 4) is 0 Å². The number of nitrogens with one attached hydrogen (secondary N) is 1. The minimum atomic E-state index is -0.337. The van der Waals surface area contributed by atoms with Gasteiger partial charge in [-0.15, -0.1) is 0 Å². The molecule has 0 aliphatic rings. The number of carbonyl (C=O) groups excluding carboxylic acids is 1. The molecule has 1 amide bonds. The summed E-state index contributed by atoms with van der Waals surface area (Å²) in [5.74, 6) is -0.576. The highest BCUT2D eigenvalue weighted by molar-refractivity contribution is 9.10. The molecule has 2 nitrogen and oxygen atoms in total. The van der Waals surface area contributed by atoms with Crippen molar-refractivity contribution in [1.29, 1.82) is 0 Å². The summed E-state index contributed by atoms with van der Waals surface area (Å²) in [6.45, 7) is 2.09. The molecule has 0 saturated carbocycles. The molecular formula is C15H12Br2FNO. The molecule has 0 aromatic heterocycles. The number of benzene rings is 2. The van der Waals surface area contributed by atoms with E-state index in [1.807, 2.05) is 19.1 Å². The lowest BCUT2D eigenvalue weighted by atomic mass is 10.1. The molecule has 0 heterocycles. The van der Waals surface area contributed by atoms with Crippen LogP contribution in [0, 0.1) is 12.7 Å². The molecule has 0 aliphatic carbocycles. The molecule has 0 bridgehead atoms. The molecule has 0 unspecified atom stereocenters. The summed E-state index contributed by atoms with van der Waals surface area (Å²) in [6.07, 6.45) is 0. The van der Waals surface area contributed by atoms with Crippen molar-refractivity contribution >= 4 is 37.8 Å². The zero-order valence-electron chi connectivity index (χ0n) is 10.7. The normalized spacial score (nSPS) is 10.4. The van der Waals surface area contributed by atoms with Gasteiger partial charge in [-0.05, 0) is 58.7 Å². The van der Waals surface area contributed by atoms with E-state index in [1.165, 1.54) is 6.07 Å². The highest BCUT2D eigenvalue weighted by atomic mass is 79.9. The van der Waals surface area contributed by atoms with Crippen LogP contribution in [0.5, 0.6) is 0 Å². The van der Waals surface area contributed by atoms with Gasteiger partial charge in [0.15, 0.2) is 0 Å². The summed E-state index contributed by atoms with van der Waals surface area (Å²) in [7, 11) is 0. The Labute approximate surface area is 133 Å². The van der Waals surface area contributed by atoms with Gasteiger partial charge in [0.2, 0.25) is 0 Å². The summed E-state index contributed by atoms with van der Waals surface area (Å²) in [4.78, 5) is 12.1. The van der Waals surface area contributed by atoms with E-state index < -0.39 is 0 Å². The first-order chi connectivity index (χ1) is 9.47. The Balaban J connectivity index is 2.10. The molecule has 0 radical (unpaired) electrons. The molecule has 0 fully saturated rings. The van der Waals surface area contributed by atoms with E-state index >= 15 is 0 Å². The lowest BCUT2D eigenvalue weighted by molar-refractivity contribution is 0.0950. The fraction of sp³-hybridized carbons (Fsp3) is 0.133. The molecule has 1 N–H and O–H groups in total. The van der Waals surface area contributed by atoms with Gasteiger partial charge < -0.3 is 5.32 Å². The predicted octanol–water partition coefficient (Wildman–Crippen LogP) is 4.59. The SMILES string of the molecule is Cc1ccc(C(=O)NCc2cc(Br)ccc2F)c(Br)c1. The topological polar surface area (TPSA) is 29.1 Å². The van der Waals surface area contributed by atoms with Crippen molar-refractivity contribution in [2.45, 2.75) is 13.5 Å². The molecule has 0 aliphatic heterocycles. The average Bonchev–Trinajstić information content (AvgIpc) is 2.39. The Kier molecular flexibility index (Phi) is 4.94. The molecule has 0 saturated heterocycles. The third-order valence-corrected chi connectivity index (χ3v) is 3.97. The van der Waals surface area contributed by atoms with E-state index in [4.69, 9.17) is 0 Å². The van der Waals surface area contributed by atoms with Crippen molar-refractivity contribution in [2.24, 2.45) is 0 Å². The van der Waals surface area contributed by atoms with Gasteiger partial charge in [-0.2, -0.15) is 0 Å². The Bertz CT molecular complexity index is 658. The van der Waals surface area contributed by atoms with Crippen LogP contribution < -0.4 is 5.32 Å². The van der Waals surface area contributed by atoms with Crippen LogP contribution in [0.1, 0.15) is 21.5 Å². The third-order valence-electron chi connectivity index (χ3n) is 2.82. The molecule has 0 atom stereocenters. The van der Waals surface area contributed by atoms with Crippen LogP contribution in [-0.4, -0.2) is 5.91 Å². The number of halogens is 3. The van der Waals surface area contributed by atoms with Crippen molar-refractivity contribution < 1.29 is 9.18 Å². The minimum Gasteiger partial charge on any atom is -0.348 e. The van der Waals surface area contributed by atoms with Gasteiger partial charge >= 0.3 is 0 Å². The maximum absolute atomic E-state index is 13.6. The number of amides is 1. The van der Waals surface area contributed by atoms with Gasteiger partial charge in [-0.25, -0.2) is 4.39 Å². The highest BCUT2D eigenvalue weighted by Crippen LogP contribution is 2.19. The van der Waals surface area contributed by atoms with Crippen LogP contribution in [0.2, 0.25) is 0 Å². The monoisotopic (exact) mass is 399 g/mol. The summed E-state index contributed by atoms with van der Waals surface area (Å²) in [5, 5.41) is 2.71. The lowest BCUT2D eigenvalue weighted by Crippen LogP contribution is -2.23. The van der Waals surface area contributed by atoms with Crippen LogP contribution in [-0.2, 0) is 6.54 Å². The summed E-state index contributed by atoms with van der Waals surface area (Å²) in [5.41, 5.74) is 2.04. The zero-order valence-corrected chi connectivity index (χ0v) is 13.9. The van der Waals surface area contributed by atoms with Crippen LogP contribution in [0.3, 0.4) is 0 Å². The predicted molar refractivity (Wildman–Crippen MR) is 84.1 cm³/mol. The summed E-state index contributed by atoms with van der Waals surface area (Å²) in [6, 6.07) is 10.1. The quantitative estimate of drug-likeness (QED) is 0.802. The van der Waals surface area contributed by atoms with Crippen LogP contribution in [0.4, 0.5) is 4.39 Å². The minimum absolute atomic E-state index is 0.143. The first-order valence-electron chi connectivity index (χ1n) is 5.95. The average molecular weight is 401 g/mol. The van der Waals surface area contributed by atoms with E-state index in [0.717, 1.165) is 14.5 Å². The highest BCUT2D eigenvalue weighted by Gasteiger charge is 2.11. The van der Waals surface area contributed by atoms with E-state index in [9.17, 15) is 9.18 Å². The molecule has 0 spiro atoms. The molecule has 2 aromatic carbocycles. The maximum atomic E-state index is 13.6. The van der Waals surface area contributed by atoms with E-state index in [-0.39, 0.29) is 18.3 Å². The second kappa shape index (κ2) is 6.50. The molecule has 2 rings (SSSR count). The van der Waals surface area contributed by atoms with Gasteiger partial charge in [-0.3, -0.25) is 4.79 Å². The number of carbonyl (C=O) groups is 1. The van der Waals surface area contributed by atoms with Crippen LogP contribution >= 0.6 is 31.9 Å². The van der Waals surface area contributed by atoms with E-state index in [1.54, 1.807) is 18.2 Å². The van der Waals surface area contributed by atoms with Crippen molar-refractivity contribution in [1.82, 2.24) is 5.32 Å². The summed E-state index contributed by atoms with van der Waals surface area (Å²) >= 11 is 6.64. The first-order valence-corrected chi connectivity index (χ1v) is 7.54. The van der Waals surface area contributed by atoms with Crippen molar-refractivity contribution in [3.05, 3.63) is 67.9 Å². The Morgan fingerprint density at radius 2 is 1.95 bits per heavy atom. The van der Waals surface area contributed by atoms with Crippen LogP contribution in [0.25, 0.3) is 0 Å². The largest absolute Gasteiger partial charge is 0.348 e. The van der Waals surface area contributed by atoms with Gasteiger partial charge in [0.05, 0.1) is 5.56 Å². The third kappa shape index (κ3) is 3.67. The van der Waals surface area contributed by atoms with Gasteiger partial charge in [-0.1, -0.05) is 22.0 Å². The number of hydrogen-bond acceptors (Lipinski definition) is 1. The maximum Gasteiger partial charge on any atom is 0.252 e. The van der Waals surface area contributed by atoms with Gasteiger partial charge in [0, 0.05) is 21.1 Å². The molecule has 5 heteroatoms. The Hall–Kier alpha value is -1.20. The Morgan fingerprint density at radius 3 is 2.65 bits per heavy atom. The fourth-order valence-electron chi connectivity index (χ4n) is 1.75. The zero-order chi connectivity index (χ0) is 14.7. The van der Waals surface area contributed by atoms with Crippen molar-refractivity contribution in [2.75, 3.05) is 0 Å². The van der Waals surface area contributed by atoms with Crippen molar-refractivity contribution in [3.63, 3.8) is 0 Å². The Morgan fingerprint density at radius 1 is 1.20 bits per heavy atom. The van der Waals surface area contributed by atoms with E-state index in [0.29, 0.717) is 11.1 Å². The van der Waals surface area contributed by atoms with Gasteiger partial charge in [0.25, 0.3) is 5.91 Å². The van der Waals surface area contributed by atoms with Crippen LogP contribution in [0.15, 0.2) is 45.3 Å². The number of rotatable bonds is 3. The smallest absolute Gasteiger partial charge is 0.252 e. The van der Waals surface area contributed by atoms with E-state index in [2.05, 4.69) is 37.2 Å². The lowest BCUT2D eigenvalue weighted by Gasteiger charge is -2.08. The molecule has 2 aromatic rings. The molecule has 20 heavy (non-hydrogen) atoms. The molecule has 104 valence electrons. The number of hydrogen-bond donors (Lipinski definition) is 1. The summed E-state index contributed by atoms with van der Waals surface area (Å²) < 4.78 is 15.1. The van der Waals surface area contributed by atoms with Gasteiger partial charge in [0.1, 0.15) is 5.82 Å². The standard InChI is InChI=1S/C15H12Br2FNO/c1-9-2-4-12(13(17)6-9)15(20)19-8-10-7-11(16)3-5-14(10)18/h2-7H,8H2,1H3,(H,19,20). The second-order valence-electron chi connectivity index (χ2n) is 4.40. The fourth-order valence-corrected chi connectivity index (χ4v) is 2.84. The number of aryl methyl sites for hydroxylation is 1. The first kappa shape index (κ1) is 15.2. The second-order valence-corrected chi connectivity index (χ2v) is 6.17.